The molecule has 19 heavy (non-hydrogen) atoms. The highest BCUT2D eigenvalue weighted by Gasteiger charge is 2.26. The monoisotopic (exact) mass is 277 g/mol. The number of alkyl halides is 3. The first-order chi connectivity index (χ1) is 9.01. The Balaban J connectivity index is 2.27. The van der Waals surface area contributed by atoms with Gasteiger partial charge < -0.3 is 14.8 Å². The van der Waals surface area contributed by atoms with E-state index in [1.807, 2.05) is 12.1 Å². The van der Waals surface area contributed by atoms with Gasteiger partial charge in [0.1, 0.15) is 5.75 Å². The number of nitrogens with one attached hydrogen (secondary N) is 1. The lowest BCUT2D eigenvalue weighted by Crippen LogP contribution is -2.18. The molecular weight excluding hydrogens is 259 g/mol. The SMILES string of the molecule is COCCNCc1ccc(OCCC(F)(F)F)cc1. The molecule has 0 spiro atoms. The Kier molecular flexibility index (Phi) is 6.66. The van der Waals surface area contributed by atoms with Crippen molar-refractivity contribution in [1.29, 1.82) is 0 Å². The molecule has 0 aliphatic carbocycles. The number of rotatable bonds is 8. The topological polar surface area (TPSA) is 30.5 Å². The molecule has 0 heterocycles. The second kappa shape index (κ2) is 8.01. The van der Waals surface area contributed by atoms with Crippen molar-refractivity contribution in [3.63, 3.8) is 0 Å². The van der Waals surface area contributed by atoms with Crippen molar-refractivity contribution < 1.29 is 22.6 Å². The first-order valence-electron chi connectivity index (χ1n) is 5.99. The Hall–Kier alpha value is -1.27. The van der Waals surface area contributed by atoms with Crippen LogP contribution in [0.15, 0.2) is 24.3 Å². The normalized spacial score (nSPS) is 11.6. The van der Waals surface area contributed by atoms with Gasteiger partial charge in [-0.15, -0.1) is 0 Å². The van der Waals surface area contributed by atoms with Gasteiger partial charge >= 0.3 is 6.18 Å². The maximum absolute atomic E-state index is 11.9. The van der Waals surface area contributed by atoms with Crippen molar-refractivity contribution in [2.75, 3.05) is 26.9 Å². The van der Waals surface area contributed by atoms with Gasteiger partial charge in [0, 0.05) is 20.2 Å². The van der Waals surface area contributed by atoms with Crippen molar-refractivity contribution in [3.8, 4) is 5.75 Å². The minimum absolute atomic E-state index is 0.352. The number of methoxy groups -OCH3 is 1. The first kappa shape index (κ1) is 15.8. The fourth-order valence-electron chi connectivity index (χ4n) is 1.40. The second-order valence-corrected chi connectivity index (χ2v) is 4.03. The van der Waals surface area contributed by atoms with Gasteiger partial charge in [-0.3, -0.25) is 0 Å². The van der Waals surface area contributed by atoms with Crippen LogP contribution in [0, 0.1) is 0 Å². The van der Waals surface area contributed by atoms with Gasteiger partial charge in [0.2, 0.25) is 0 Å². The minimum Gasteiger partial charge on any atom is -0.493 e. The van der Waals surface area contributed by atoms with Crippen LogP contribution in [0.2, 0.25) is 0 Å². The Morgan fingerprint density at radius 3 is 2.37 bits per heavy atom. The van der Waals surface area contributed by atoms with Crippen molar-refractivity contribution >= 4 is 0 Å². The summed E-state index contributed by atoms with van der Waals surface area (Å²) in [7, 11) is 1.63. The molecule has 0 bridgehead atoms. The lowest BCUT2D eigenvalue weighted by Gasteiger charge is -2.09. The highest BCUT2D eigenvalue weighted by molar-refractivity contribution is 5.27. The maximum atomic E-state index is 11.9. The average Bonchev–Trinajstić information content (AvgIpc) is 2.35. The number of hydrogen-bond donors (Lipinski definition) is 1. The molecule has 0 saturated carbocycles. The third-order valence-electron chi connectivity index (χ3n) is 2.39. The summed E-state index contributed by atoms with van der Waals surface area (Å²) < 4.78 is 45.7. The van der Waals surface area contributed by atoms with Crippen LogP contribution >= 0.6 is 0 Å². The molecule has 0 amide bonds. The number of halogens is 3. The summed E-state index contributed by atoms with van der Waals surface area (Å²) >= 11 is 0. The van der Waals surface area contributed by atoms with Crippen molar-refractivity contribution in [1.82, 2.24) is 5.32 Å². The van der Waals surface area contributed by atoms with Crippen LogP contribution in [0.4, 0.5) is 13.2 Å². The predicted octanol–water partition coefficient (Wildman–Crippen LogP) is 2.75. The van der Waals surface area contributed by atoms with Crippen molar-refractivity contribution in [2.24, 2.45) is 0 Å². The van der Waals surface area contributed by atoms with E-state index < -0.39 is 12.6 Å². The fourth-order valence-corrected chi connectivity index (χ4v) is 1.40. The van der Waals surface area contributed by atoms with E-state index in [2.05, 4.69) is 5.32 Å². The molecular formula is C13H18F3NO2. The second-order valence-electron chi connectivity index (χ2n) is 4.03. The standard InChI is InChI=1S/C13H18F3NO2/c1-18-9-7-17-10-11-2-4-12(5-3-11)19-8-6-13(14,15)16/h2-5,17H,6-10H2,1H3. The third kappa shape index (κ3) is 7.69. The molecule has 0 aromatic heterocycles. The molecule has 108 valence electrons. The molecule has 6 heteroatoms. The summed E-state index contributed by atoms with van der Waals surface area (Å²) in [5.74, 6) is 0.449. The van der Waals surface area contributed by atoms with Crippen LogP contribution in [-0.2, 0) is 11.3 Å². The minimum atomic E-state index is -4.18. The average molecular weight is 277 g/mol. The third-order valence-corrected chi connectivity index (χ3v) is 2.39. The van der Waals surface area contributed by atoms with Gasteiger partial charge in [-0.05, 0) is 17.7 Å². The summed E-state index contributed by atoms with van der Waals surface area (Å²) in [4.78, 5) is 0. The van der Waals surface area contributed by atoms with Crippen LogP contribution in [0.25, 0.3) is 0 Å². The molecule has 0 unspecified atom stereocenters. The highest BCUT2D eigenvalue weighted by Crippen LogP contribution is 2.20. The largest absolute Gasteiger partial charge is 0.493 e. The number of benzene rings is 1. The Morgan fingerprint density at radius 1 is 1.11 bits per heavy atom. The lowest BCUT2D eigenvalue weighted by atomic mass is 10.2. The van der Waals surface area contributed by atoms with E-state index in [1.165, 1.54) is 0 Å². The predicted molar refractivity (Wildman–Crippen MR) is 66.2 cm³/mol. The number of hydrogen-bond acceptors (Lipinski definition) is 3. The van der Waals surface area contributed by atoms with E-state index >= 15 is 0 Å². The number of ether oxygens (including phenoxy) is 2. The van der Waals surface area contributed by atoms with E-state index in [0.29, 0.717) is 18.9 Å². The molecule has 0 atom stereocenters. The zero-order valence-corrected chi connectivity index (χ0v) is 10.8. The highest BCUT2D eigenvalue weighted by atomic mass is 19.4. The lowest BCUT2D eigenvalue weighted by molar-refractivity contribution is -0.139. The zero-order valence-electron chi connectivity index (χ0n) is 10.8. The van der Waals surface area contributed by atoms with E-state index in [9.17, 15) is 13.2 Å². The zero-order chi connectivity index (χ0) is 14.1. The van der Waals surface area contributed by atoms with Crippen molar-refractivity contribution in [2.45, 2.75) is 19.1 Å². The molecule has 1 rings (SSSR count). The molecule has 0 radical (unpaired) electrons. The molecule has 1 aromatic rings. The van der Waals surface area contributed by atoms with Gasteiger partial charge in [-0.1, -0.05) is 12.1 Å². The Bertz CT molecular complexity index is 352. The molecule has 0 aliphatic rings. The van der Waals surface area contributed by atoms with Gasteiger partial charge in [0.05, 0.1) is 19.6 Å². The van der Waals surface area contributed by atoms with Gasteiger partial charge in [0.25, 0.3) is 0 Å². The summed E-state index contributed by atoms with van der Waals surface area (Å²) in [6, 6.07) is 6.98. The molecule has 3 nitrogen and oxygen atoms in total. The first-order valence-corrected chi connectivity index (χ1v) is 5.99. The molecule has 0 saturated heterocycles. The van der Waals surface area contributed by atoms with Crippen LogP contribution < -0.4 is 10.1 Å². The van der Waals surface area contributed by atoms with E-state index in [1.54, 1.807) is 19.2 Å². The summed E-state index contributed by atoms with van der Waals surface area (Å²) in [6.07, 6.45) is -5.11. The summed E-state index contributed by atoms with van der Waals surface area (Å²) in [5, 5.41) is 3.17. The van der Waals surface area contributed by atoms with Crippen LogP contribution in [0.3, 0.4) is 0 Å². The van der Waals surface area contributed by atoms with Crippen LogP contribution in [0.5, 0.6) is 5.75 Å². The van der Waals surface area contributed by atoms with Crippen LogP contribution in [-0.4, -0.2) is 33.0 Å². The maximum Gasteiger partial charge on any atom is 0.392 e. The quantitative estimate of drug-likeness (QED) is 0.741. The van der Waals surface area contributed by atoms with Gasteiger partial charge in [-0.25, -0.2) is 0 Å². The molecule has 0 aliphatic heterocycles. The van der Waals surface area contributed by atoms with Crippen molar-refractivity contribution in [3.05, 3.63) is 29.8 Å². The Morgan fingerprint density at radius 2 is 1.79 bits per heavy atom. The Labute approximate surface area is 110 Å². The van der Waals surface area contributed by atoms with Crippen LogP contribution in [0.1, 0.15) is 12.0 Å². The smallest absolute Gasteiger partial charge is 0.392 e. The van der Waals surface area contributed by atoms with Gasteiger partial charge in [-0.2, -0.15) is 13.2 Å². The molecule has 1 aromatic carbocycles. The molecule has 1 N–H and O–H groups in total. The summed E-state index contributed by atoms with van der Waals surface area (Å²) in [6.45, 7) is 1.72. The molecule has 0 fully saturated rings. The van der Waals surface area contributed by atoms with Gasteiger partial charge in [0.15, 0.2) is 0 Å². The fraction of sp³-hybridized carbons (Fsp3) is 0.538. The van der Waals surface area contributed by atoms with E-state index in [4.69, 9.17) is 9.47 Å². The van der Waals surface area contributed by atoms with E-state index in [-0.39, 0.29) is 6.61 Å². The summed E-state index contributed by atoms with van der Waals surface area (Å²) in [5.41, 5.74) is 1.04. The van der Waals surface area contributed by atoms with E-state index in [0.717, 1.165) is 12.1 Å².